The number of thiophene rings is 1. The lowest BCUT2D eigenvalue weighted by Crippen LogP contribution is -2.09. The van der Waals surface area contributed by atoms with Gasteiger partial charge in [0.15, 0.2) is 9.84 Å². The third-order valence-electron chi connectivity index (χ3n) is 3.51. The highest BCUT2D eigenvalue weighted by molar-refractivity contribution is 7.92. The fraction of sp³-hybridized carbons (Fsp3) is 0.286. The van der Waals surface area contributed by atoms with Gasteiger partial charge < -0.3 is 5.11 Å². The highest BCUT2D eigenvalue weighted by atomic mass is 35.5. The van der Waals surface area contributed by atoms with Crippen LogP contribution in [0.5, 0.6) is 0 Å². The van der Waals surface area contributed by atoms with Crippen LogP contribution in [0.15, 0.2) is 22.4 Å². The molecule has 0 unspecified atom stereocenters. The van der Waals surface area contributed by atoms with Crippen molar-refractivity contribution in [3.63, 3.8) is 0 Å². The van der Waals surface area contributed by atoms with Gasteiger partial charge in [0, 0.05) is 28.1 Å². The number of aliphatic hydroxyl groups is 1. The molecule has 1 aliphatic carbocycles. The molecule has 0 amide bonds. The van der Waals surface area contributed by atoms with Gasteiger partial charge in [-0.15, -0.1) is 11.3 Å². The number of rotatable bonds is 2. The quantitative estimate of drug-likeness (QED) is 0.886. The predicted octanol–water partition coefficient (Wildman–Crippen LogP) is 3.54. The number of hydrogen-bond acceptors (Lipinski definition) is 4. The first-order valence-electron chi connectivity index (χ1n) is 6.32. The summed E-state index contributed by atoms with van der Waals surface area (Å²) in [4.78, 5) is 0.427. The molecule has 118 valence electrons. The number of fused-ring (bicyclic) bond motifs is 1. The Bertz CT molecular complexity index is 841. The fourth-order valence-corrected chi connectivity index (χ4v) is 5.45. The Kier molecular flexibility index (Phi) is 3.79. The van der Waals surface area contributed by atoms with Gasteiger partial charge in [0.25, 0.3) is 0 Å². The monoisotopic (exact) mass is 364 g/mol. The molecule has 0 aliphatic heterocycles. The molecule has 3 nitrogen and oxygen atoms in total. The van der Waals surface area contributed by atoms with Crippen molar-refractivity contribution < 1.29 is 22.3 Å². The molecular formula is C14H11ClF2O3S2. The summed E-state index contributed by atoms with van der Waals surface area (Å²) in [6.45, 7) is 0. The van der Waals surface area contributed by atoms with Crippen LogP contribution in [0.25, 0.3) is 10.4 Å². The summed E-state index contributed by atoms with van der Waals surface area (Å²) in [6.07, 6.45) is -2.15. The molecule has 8 heteroatoms. The van der Waals surface area contributed by atoms with Crippen LogP contribution in [-0.4, -0.2) is 26.0 Å². The molecule has 1 aromatic heterocycles. The maximum atomic E-state index is 13.8. The molecule has 0 fully saturated rings. The lowest BCUT2D eigenvalue weighted by molar-refractivity contribution is 0.0910. The zero-order chi connectivity index (χ0) is 16.2. The average molecular weight is 365 g/mol. The topological polar surface area (TPSA) is 54.4 Å². The maximum Gasteiger partial charge on any atom is 0.185 e. The molecule has 0 spiro atoms. The maximum absolute atomic E-state index is 13.8. The molecular weight excluding hydrogens is 354 g/mol. The van der Waals surface area contributed by atoms with Crippen LogP contribution in [0, 0.1) is 5.82 Å². The van der Waals surface area contributed by atoms with Gasteiger partial charge in [0.05, 0.1) is 0 Å². The number of aliphatic hydroxyl groups excluding tert-OH is 1. The van der Waals surface area contributed by atoms with Crippen molar-refractivity contribution in [2.75, 3.05) is 6.26 Å². The minimum absolute atomic E-state index is 0.0782. The lowest BCUT2D eigenvalue weighted by atomic mass is 10.1. The van der Waals surface area contributed by atoms with Gasteiger partial charge in [0.1, 0.15) is 22.3 Å². The molecule has 2 aromatic rings. The number of sulfone groups is 1. The van der Waals surface area contributed by atoms with Gasteiger partial charge >= 0.3 is 0 Å². The zero-order valence-electron chi connectivity index (χ0n) is 11.3. The van der Waals surface area contributed by atoms with Crippen molar-refractivity contribution in [3.05, 3.63) is 40.2 Å². The van der Waals surface area contributed by atoms with Gasteiger partial charge in [-0.3, -0.25) is 0 Å². The summed E-state index contributed by atoms with van der Waals surface area (Å²) in [5.41, 5.74) is 0.880. The first-order valence-corrected chi connectivity index (χ1v) is 9.41. The smallest absolute Gasteiger partial charge is 0.185 e. The second-order valence-electron chi connectivity index (χ2n) is 5.21. The van der Waals surface area contributed by atoms with Gasteiger partial charge in [-0.05, 0) is 29.3 Å². The first-order chi connectivity index (χ1) is 10.2. The van der Waals surface area contributed by atoms with E-state index in [1.54, 1.807) is 0 Å². The Morgan fingerprint density at radius 3 is 2.64 bits per heavy atom. The summed E-state index contributed by atoms with van der Waals surface area (Å²) < 4.78 is 51.1. The van der Waals surface area contributed by atoms with E-state index >= 15 is 0 Å². The molecule has 22 heavy (non-hydrogen) atoms. The van der Waals surface area contributed by atoms with Crippen molar-refractivity contribution in [1.29, 1.82) is 0 Å². The number of alkyl halides is 1. The lowest BCUT2D eigenvalue weighted by Gasteiger charge is -2.07. The van der Waals surface area contributed by atoms with Crippen molar-refractivity contribution in [1.82, 2.24) is 0 Å². The van der Waals surface area contributed by atoms with E-state index in [0.717, 1.165) is 23.7 Å². The summed E-state index contributed by atoms with van der Waals surface area (Å²) in [5, 5.41) is 10.1. The van der Waals surface area contributed by atoms with E-state index in [-0.39, 0.29) is 21.2 Å². The zero-order valence-corrected chi connectivity index (χ0v) is 13.7. The van der Waals surface area contributed by atoms with E-state index in [1.165, 1.54) is 12.1 Å². The van der Waals surface area contributed by atoms with E-state index in [1.807, 2.05) is 0 Å². The van der Waals surface area contributed by atoms with Crippen LogP contribution < -0.4 is 0 Å². The Morgan fingerprint density at radius 2 is 2.05 bits per heavy atom. The molecule has 1 heterocycles. The van der Waals surface area contributed by atoms with Crippen LogP contribution in [0.2, 0.25) is 5.02 Å². The Morgan fingerprint density at radius 1 is 1.36 bits per heavy atom. The Balaban J connectivity index is 2.29. The second-order valence-corrected chi connectivity index (χ2v) is 8.87. The largest absolute Gasteiger partial charge is 0.385 e. The molecule has 0 saturated heterocycles. The van der Waals surface area contributed by atoms with Gasteiger partial charge in [-0.1, -0.05) is 11.6 Å². The molecule has 1 aromatic carbocycles. The fourth-order valence-electron chi connectivity index (χ4n) is 2.64. The first kappa shape index (κ1) is 15.9. The average Bonchev–Trinajstić information content (AvgIpc) is 2.87. The van der Waals surface area contributed by atoms with Crippen molar-refractivity contribution >= 4 is 32.8 Å². The third kappa shape index (κ3) is 2.56. The van der Waals surface area contributed by atoms with Crippen molar-refractivity contribution in [2.24, 2.45) is 0 Å². The third-order valence-corrected chi connectivity index (χ3v) is 6.87. The predicted molar refractivity (Wildman–Crippen MR) is 81.4 cm³/mol. The molecule has 3 rings (SSSR count). The number of halogens is 3. The van der Waals surface area contributed by atoms with Crippen LogP contribution in [0.1, 0.15) is 17.2 Å². The van der Waals surface area contributed by atoms with E-state index < -0.39 is 27.9 Å². The highest BCUT2D eigenvalue weighted by Gasteiger charge is 2.39. The van der Waals surface area contributed by atoms with Gasteiger partial charge in [0.2, 0.25) is 0 Å². The van der Waals surface area contributed by atoms with E-state index in [0.29, 0.717) is 16.0 Å². The van der Waals surface area contributed by atoms with E-state index in [2.05, 4.69) is 0 Å². The second kappa shape index (κ2) is 5.26. The van der Waals surface area contributed by atoms with E-state index in [9.17, 15) is 22.3 Å². The summed E-state index contributed by atoms with van der Waals surface area (Å²) in [5.74, 6) is -0.569. The minimum atomic E-state index is -3.63. The molecule has 0 radical (unpaired) electrons. The summed E-state index contributed by atoms with van der Waals surface area (Å²) in [7, 11) is -3.63. The van der Waals surface area contributed by atoms with Gasteiger partial charge in [-0.2, -0.15) is 0 Å². The summed E-state index contributed by atoms with van der Waals surface area (Å²) in [6, 6.07) is 3.83. The van der Waals surface area contributed by atoms with Crippen LogP contribution in [0.4, 0.5) is 8.78 Å². The van der Waals surface area contributed by atoms with Crippen LogP contribution in [0.3, 0.4) is 0 Å². The normalized spacial score (nSPS) is 21.1. The van der Waals surface area contributed by atoms with E-state index in [4.69, 9.17) is 11.6 Å². The standard InChI is InChI=1S/C14H11ClF2O3S2/c1-22(19,20)14-11-9(5-10(17)12(11)18)13(21-14)6-2-7(15)4-8(16)3-6/h2-4,10,12,18H,5H2,1H3/t10-,12+/m0/s1. The van der Waals surface area contributed by atoms with Crippen LogP contribution in [-0.2, 0) is 16.3 Å². The Labute approximate surface area is 135 Å². The summed E-state index contributed by atoms with van der Waals surface area (Å²) >= 11 is 6.73. The minimum Gasteiger partial charge on any atom is -0.385 e. The van der Waals surface area contributed by atoms with Crippen molar-refractivity contribution in [3.8, 4) is 10.4 Å². The molecule has 2 atom stereocenters. The Hall–Kier alpha value is -1.02. The molecule has 0 saturated carbocycles. The molecule has 1 aliphatic rings. The molecule has 0 bridgehead atoms. The van der Waals surface area contributed by atoms with Gasteiger partial charge in [-0.25, -0.2) is 17.2 Å². The van der Waals surface area contributed by atoms with Crippen molar-refractivity contribution in [2.45, 2.75) is 22.9 Å². The SMILES string of the molecule is CS(=O)(=O)c1sc(-c2cc(F)cc(Cl)c2)c2c1[C@H](O)[C@@H](F)C2. The number of hydrogen-bond donors (Lipinski definition) is 1. The highest BCUT2D eigenvalue weighted by Crippen LogP contribution is 2.48. The number of benzene rings is 1. The molecule has 1 N–H and O–H groups in total. The van der Waals surface area contributed by atoms with Crippen LogP contribution >= 0.6 is 22.9 Å².